The van der Waals surface area contributed by atoms with Crippen LogP contribution in [0.2, 0.25) is 0 Å². The summed E-state index contributed by atoms with van der Waals surface area (Å²) in [5.41, 5.74) is 6.67. The lowest BCUT2D eigenvalue weighted by molar-refractivity contribution is 0.0934. The van der Waals surface area contributed by atoms with E-state index in [0.717, 1.165) is 16.6 Å². The summed E-state index contributed by atoms with van der Waals surface area (Å²) in [4.78, 5) is 18.2. The topological polar surface area (TPSA) is 68.0 Å². The highest BCUT2D eigenvalue weighted by Gasteiger charge is 2.27. The molecule has 1 aliphatic rings. The van der Waals surface area contributed by atoms with Crippen molar-refractivity contribution in [3.63, 3.8) is 0 Å². The van der Waals surface area contributed by atoms with Gasteiger partial charge in [0.15, 0.2) is 0 Å². The van der Waals surface area contributed by atoms with Gasteiger partial charge in [-0.25, -0.2) is 4.98 Å². The highest BCUT2D eigenvalue weighted by atomic mass is 32.2. The number of hydrogen-bond donors (Lipinski definition) is 2. The van der Waals surface area contributed by atoms with Gasteiger partial charge in [-0.2, -0.15) is 11.8 Å². The van der Waals surface area contributed by atoms with Crippen LogP contribution in [-0.4, -0.2) is 28.4 Å². The molecule has 1 saturated carbocycles. The molecule has 0 aromatic carbocycles. The SMILES string of the molecule is CSC1CCCCC1NC(=O)c1sc2ncccc2c1N. The van der Waals surface area contributed by atoms with Crippen molar-refractivity contribution in [2.45, 2.75) is 37.0 Å². The molecule has 0 aliphatic heterocycles. The van der Waals surface area contributed by atoms with E-state index >= 15 is 0 Å². The van der Waals surface area contributed by atoms with Gasteiger partial charge in [0.2, 0.25) is 0 Å². The van der Waals surface area contributed by atoms with Crippen LogP contribution in [0.5, 0.6) is 0 Å². The first-order chi connectivity index (χ1) is 10.2. The molecule has 3 N–H and O–H groups in total. The van der Waals surface area contributed by atoms with Gasteiger partial charge in [-0.05, 0) is 31.2 Å². The number of nitrogen functional groups attached to an aromatic ring is 1. The largest absolute Gasteiger partial charge is 0.397 e. The van der Waals surface area contributed by atoms with Crippen molar-refractivity contribution in [3.8, 4) is 0 Å². The summed E-state index contributed by atoms with van der Waals surface area (Å²) in [6, 6.07) is 4.01. The first kappa shape index (κ1) is 14.7. The molecule has 0 spiro atoms. The van der Waals surface area contributed by atoms with Gasteiger partial charge in [0, 0.05) is 22.9 Å². The fourth-order valence-corrected chi connectivity index (χ4v) is 4.80. The fraction of sp³-hybridized carbons (Fsp3) is 0.467. The van der Waals surface area contributed by atoms with Gasteiger partial charge in [0.25, 0.3) is 5.91 Å². The number of nitrogens with two attached hydrogens (primary N) is 1. The molecule has 21 heavy (non-hydrogen) atoms. The fourth-order valence-electron chi connectivity index (χ4n) is 2.90. The zero-order valence-electron chi connectivity index (χ0n) is 12.0. The normalized spacial score (nSPS) is 22.3. The molecule has 112 valence electrons. The molecule has 2 aromatic heterocycles. The minimum atomic E-state index is -0.0542. The number of thioether (sulfide) groups is 1. The zero-order chi connectivity index (χ0) is 14.8. The van der Waals surface area contributed by atoms with E-state index < -0.39 is 0 Å². The third kappa shape index (κ3) is 2.87. The summed E-state index contributed by atoms with van der Waals surface area (Å²) < 4.78 is 0. The molecule has 1 fully saturated rings. The molecule has 2 heterocycles. The zero-order valence-corrected chi connectivity index (χ0v) is 13.6. The van der Waals surface area contributed by atoms with Crippen LogP contribution in [0.3, 0.4) is 0 Å². The van der Waals surface area contributed by atoms with Crippen LogP contribution in [0.15, 0.2) is 18.3 Å². The third-order valence-corrected chi connectivity index (χ3v) is 6.33. The van der Waals surface area contributed by atoms with E-state index in [1.807, 2.05) is 23.9 Å². The highest BCUT2D eigenvalue weighted by Crippen LogP contribution is 2.33. The van der Waals surface area contributed by atoms with E-state index in [2.05, 4.69) is 16.6 Å². The number of carbonyl (C=O) groups excluding carboxylic acids is 1. The quantitative estimate of drug-likeness (QED) is 0.910. The standard InChI is InChI=1S/C15H19N3OS2/c1-20-11-7-3-2-6-10(11)18-14(19)13-12(16)9-5-4-8-17-15(9)21-13/h4-5,8,10-11H,2-3,6-7,16H2,1H3,(H,18,19). The number of pyridine rings is 1. The van der Waals surface area contributed by atoms with E-state index in [9.17, 15) is 4.79 Å². The average molecular weight is 321 g/mol. The molecular weight excluding hydrogens is 302 g/mol. The third-order valence-electron chi connectivity index (χ3n) is 4.03. The van der Waals surface area contributed by atoms with E-state index in [1.165, 1.54) is 30.6 Å². The number of amides is 1. The van der Waals surface area contributed by atoms with Crippen LogP contribution in [-0.2, 0) is 0 Å². The van der Waals surface area contributed by atoms with Crippen molar-refractivity contribution in [2.75, 3.05) is 12.0 Å². The van der Waals surface area contributed by atoms with Crippen molar-refractivity contribution in [1.82, 2.24) is 10.3 Å². The van der Waals surface area contributed by atoms with Crippen molar-refractivity contribution < 1.29 is 4.79 Å². The van der Waals surface area contributed by atoms with Crippen LogP contribution in [0.25, 0.3) is 10.2 Å². The van der Waals surface area contributed by atoms with Gasteiger partial charge in [0.1, 0.15) is 9.71 Å². The maximum Gasteiger partial charge on any atom is 0.263 e. The number of rotatable bonds is 3. The van der Waals surface area contributed by atoms with Crippen molar-refractivity contribution in [3.05, 3.63) is 23.2 Å². The molecule has 0 bridgehead atoms. The molecule has 1 amide bonds. The number of anilines is 1. The number of hydrogen-bond acceptors (Lipinski definition) is 5. The molecule has 6 heteroatoms. The van der Waals surface area contributed by atoms with Gasteiger partial charge >= 0.3 is 0 Å². The lowest BCUT2D eigenvalue weighted by Gasteiger charge is -2.30. The Bertz CT molecular complexity index is 655. The second kappa shape index (κ2) is 6.23. The Morgan fingerprint density at radius 3 is 3.05 bits per heavy atom. The Balaban J connectivity index is 1.82. The van der Waals surface area contributed by atoms with Crippen molar-refractivity contribution in [2.24, 2.45) is 0 Å². The van der Waals surface area contributed by atoms with Crippen LogP contribution < -0.4 is 11.1 Å². The van der Waals surface area contributed by atoms with Gasteiger partial charge in [-0.1, -0.05) is 12.8 Å². The van der Waals surface area contributed by atoms with Crippen LogP contribution >= 0.6 is 23.1 Å². The van der Waals surface area contributed by atoms with E-state index in [4.69, 9.17) is 5.73 Å². The Labute approximate surface area is 132 Å². The van der Waals surface area contributed by atoms with E-state index in [1.54, 1.807) is 6.20 Å². The maximum atomic E-state index is 12.5. The molecule has 3 rings (SSSR count). The Hall–Kier alpha value is -1.27. The van der Waals surface area contributed by atoms with Crippen molar-refractivity contribution >= 4 is 44.9 Å². The van der Waals surface area contributed by atoms with Gasteiger partial charge in [0.05, 0.1) is 5.69 Å². The van der Waals surface area contributed by atoms with E-state index in [-0.39, 0.29) is 11.9 Å². The summed E-state index contributed by atoms with van der Waals surface area (Å²) in [5.74, 6) is -0.0542. The van der Waals surface area contributed by atoms with Crippen molar-refractivity contribution in [1.29, 1.82) is 0 Å². The molecular formula is C15H19N3OS2. The van der Waals surface area contributed by atoms with Crippen LogP contribution in [0.1, 0.15) is 35.4 Å². The van der Waals surface area contributed by atoms with Crippen LogP contribution in [0.4, 0.5) is 5.69 Å². The summed E-state index contributed by atoms with van der Waals surface area (Å²) >= 11 is 3.22. The summed E-state index contributed by atoms with van der Waals surface area (Å²) in [6.45, 7) is 0. The minimum absolute atomic E-state index is 0.0542. The Kier molecular flexibility index (Phi) is 4.35. The molecule has 0 radical (unpaired) electrons. The summed E-state index contributed by atoms with van der Waals surface area (Å²) in [7, 11) is 0. The lowest BCUT2D eigenvalue weighted by atomic mass is 9.95. The Morgan fingerprint density at radius 2 is 2.29 bits per heavy atom. The Morgan fingerprint density at radius 1 is 1.48 bits per heavy atom. The second-order valence-corrected chi connectivity index (χ2v) is 7.42. The smallest absolute Gasteiger partial charge is 0.263 e. The minimum Gasteiger partial charge on any atom is -0.397 e. The monoisotopic (exact) mass is 321 g/mol. The highest BCUT2D eigenvalue weighted by molar-refractivity contribution is 7.99. The molecule has 2 atom stereocenters. The number of thiophene rings is 1. The number of aromatic nitrogens is 1. The molecule has 2 unspecified atom stereocenters. The van der Waals surface area contributed by atoms with Gasteiger partial charge in [-0.15, -0.1) is 11.3 Å². The molecule has 1 aliphatic carbocycles. The maximum absolute atomic E-state index is 12.5. The molecule has 2 aromatic rings. The first-order valence-electron chi connectivity index (χ1n) is 7.17. The average Bonchev–Trinajstić information content (AvgIpc) is 2.85. The number of fused-ring (bicyclic) bond motifs is 1. The number of nitrogens with one attached hydrogen (secondary N) is 1. The second-order valence-electron chi connectivity index (χ2n) is 5.34. The number of nitrogens with zero attached hydrogens (tertiary/aromatic N) is 1. The number of carbonyl (C=O) groups is 1. The van der Waals surface area contributed by atoms with Crippen LogP contribution in [0, 0.1) is 0 Å². The lowest BCUT2D eigenvalue weighted by Crippen LogP contribution is -2.43. The first-order valence-corrected chi connectivity index (χ1v) is 9.28. The summed E-state index contributed by atoms with van der Waals surface area (Å²) in [6.07, 6.45) is 8.52. The predicted molar refractivity (Wildman–Crippen MR) is 91.1 cm³/mol. The molecule has 0 saturated heterocycles. The van der Waals surface area contributed by atoms with E-state index in [0.29, 0.717) is 15.8 Å². The molecule has 4 nitrogen and oxygen atoms in total. The summed E-state index contributed by atoms with van der Waals surface area (Å²) in [5, 5.41) is 4.56. The van der Waals surface area contributed by atoms with Gasteiger partial charge < -0.3 is 11.1 Å². The van der Waals surface area contributed by atoms with Gasteiger partial charge in [-0.3, -0.25) is 4.79 Å². The predicted octanol–water partition coefficient (Wildman–Crippen LogP) is 3.28.